The molecule has 0 bridgehead atoms. The fourth-order valence-electron chi connectivity index (χ4n) is 2.34. The van der Waals surface area contributed by atoms with Gasteiger partial charge in [-0.15, -0.1) is 0 Å². The average molecular weight is 265 g/mol. The number of rotatable bonds is 4. The molecule has 0 N–H and O–H groups in total. The summed E-state index contributed by atoms with van der Waals surface area (Å²) in [4.78, 5) is 0. The van der Waals surface area contributed by atoms with E-state index < -0.39 is 0 Å². The van der Waals surface area contributed by atoms with Crippen molar-refractivity contribution in [3.05, 3.63) is 59.7 Å². The molecule has 0 spiro atoms. The normalized spacial score (nSPS) is 12.5. The Morgan fingerprint density at radius 3 is 2.00 bits per heavy atom. The van der Waals surface area contributed by atoms with Gasteiger partial charge in [-0.25, -0.2) is 0 Å². The van der Waals surface area contributed by atoms with Gasteiger partial charge in [-0.05, 0) is 34.4 Å². The van der Waals surface area contributed by atoms with Crippen molar-refractivity contribution >= 4 is 9.52 Å². The van der Waals surface area contributed by atoms with Gasteiger partial charge in [0.25, 0.3) is 0 Å². The first-order valence-electron chi connectivity index (χ1n) is 6.85. The Balaban J connectivity index is 2.20. The van der Waals surface area contributed by atoms with Crippen LogP contribution in [-0.2, 0) is 0 Å². The largest absolute Gasteiger partial charge is 0.192 e. The van der Waals surface area contributed by atoms with Crippen LogP contribution in [0.15, 0.2) is 48.5 Å². The van der Waals surface area contributed by atoms with E-state index in [2.05, 4.69) is 44.2 Å². The minimum atomic E-state index is 0.0281. The summed E-state index contributed by atoms with van der Waals surface area (Å²) in [5, 5.41) is 8.80. The Labute approximate surface area is 117 Å². The molecule has 2 heteroatoms. The maximum Gasteiger partial charge on any atom is 0.0991 e. The van der Waals surface area contributed by atoms with Gasteiger partial charge in [0, 0.05) is 9.52 Å². The summed E-state index contributed by atoms with van der Waals surface area (Å²) in [6, 6.07) is 20.2. The molecule has 0 aliphatic carbocycles. The van der Waals surface area contributed by atoms with Crippen molar-refractivity contribution in [2.24, 2.45) is 0 Å². The van der Waals surface area contributed by atoms with Crippen molar-refractivity contribution in [2.45, 2.75) is 25.4 Å². The molecule has 0 amide bonds. The topological polar surface area (TPSA) is 23.8 Å². The fraction of sp³-hybridized carbons (Fsp3) is 0.235. The number of benzene rings is 2. The number of nitrogens with zero attached hydrogens (tertiary/aromatic N) is 1. The van der Waals surface area contributed by atoms with Crippen molar-refractivity contribution in [1.82, 2.24) is 0 Å². The van der Waals surface area contributed by atoms with E-state index >= 15 is 0 Å². The summed E-state index contributed by atoms with van der Waals surface area (Å²) in [7, 11) is 0.0281. The zero-order valence-corrected chi connectivity index (χ0v) is 13.0. The first kappa shape index (κ1) is 13.6. The van der Waals surface area contributed by atoms with E-state index in [1.165, 1.54) is 22.7 Å². The summed E-state index contributed by atoms with van der Waals surface area (Å²) < 4.78 is 0. The molecule has 19 heavy (non-hydrogen) atoms. The van der Waals surface area contributed by atoms with Crippen LogP contribution in [0.5, 0.6) is 0 Å². The molecule has 1 atom stereocenters. The molecule has 0 saturated carbocycles. The maximum absolute atomic E-state index is 8.80. The maximum atomic E-state index is 8.80. The van der Waals surface area contributed by atoms with Gasteiger partial charge in [-0.2, -0.15) is 5.26 Å². The summed E-state index contributed by atoms with van der Waals surface area (Å²) in [5.74, 6) is 0. The Morgan fingerprint density at radius 2 is 1.53 bits per heavy atom. The molecular formula is C17H19NSi. The molecule has 1 unspecified atom stereocenters. The van der Waals surface area contributed by atoms with Gasteiger partial charge in [0.2, 0.25) is 0 Å². The van der Waals surface area contributed by atoms with E-state index in [0.717, 1.165) is 5.54 Å². The van der Waals surface area contributed by atoms with Crippen LogP contribution in [0.2, 0.25) is 6.04 Å². The van der Waals surface area contributed by atoms with Crippen molar-refractivity contribution in [1.29, 1.82) is 5.26 Å². The lowest BCUT2D eigenvalue weighted by Gasteiger charge is -2.11. The van der Waals surface area contributed by atoms with Crippen molar-refractivity contribution < 1.29 is 0 Å². The fourth-order valence-corrected chi connectivity index (χ4v) is 3.81. The predicted octanol–water partition coefficient (Wildman–Crippen LogP) is 3.89. The van der Waals surface area contributed by atoms with Crippen LogP contribution in [0.1, 0.15) is 30.5 Å². The third kappa shape index (κ3) is 3.33. The van der Waals surface area contributed by atoms with E-state index in [9.17, 15) is 0 Å². The van der Waals surface area contributed by atoms with Gasteiger partial charge in [-0.1, -0.05) is 56.3 Å². The van der Waals surface area contributed by atoms with E-state index in [0.29, 0.717) is 5.56 Å². The molecule has 0 aliphatic heterocycles. The molecule has 96 valence electrons. The summed E-state index contributed by atoms with van der Waals surface area (Å²) in [6.45, 7) is 4.63. The molecule has 2 aromatic rings. The van der Waals surface area contributed by atoms with Gasteiger partial charge in [0.05, 0.1) is 11.6 Å². The second kappa shape index (κ2) is 6.35. The van der Waals surface area contributed by atoms with Gasteiger partial charge >= 0.3 is 0 Å². The van der Waals surface area contributed by atoms with Gasteiger partial charge < -0.3 is 0 Å². The van der Waals surface area contributed by atoms with E-state index in [1.807, 2.05) is 24.3 Å². The highest BCUT2D eigenvalue weighted by Gasteiger charge is 2.05. The molecule has 0 saturated heterocycles. The molecule has 0 fully saturated rings. The first-order valence-corrected chi connectivity index (χ1v) is 8.66. The molecule has 0 radical (unpaired) electrons. The first-order chi connectivity index (χ1) is 9.24. The van der Waals surface area contributed by atoms with Gasteiger partial charge in [-0.3, -0.25) is 0 Å². The Morgan fingerprint density at radius 1 is 1.00 bits per heavy atom. The summed E-state index contributed by atoms with van der Waals surface area (Å²) >= 11 is 0. The minimum Gasteiger partial charge on any atom is -0.192 e. The van der Waals surface area contributed by atoms with Gasteiger partial charge in [0.1, 0.15) is 0 Å². The van der Waals surface area contributed by atoms with Crippen LogP contribution >= 0.6 is 0 Å². The smallest absolute Gasteiger partial charge is 0.0991 e. The Bertz CT molecular complexity index is 564. The Hall–Kier alpha value is -1.85. The minimum absolute atomic E-state index is 0.0281. The molecule has 0 heterocycles. The zero-order valence-electron chi connectivity index (χ0n) is 11.6. The van der Waals surface area contributed by atoms with Crippen LogP contribution in [0.3, 0.4) is 0 Å². The molecule has 0 aromatic heterocycles. The predicted molar refractivity (Wildman–Crippen MR) is 84.0 cm³/mol. The third-order valence-electron chi connectivity index (χ3n) is 3.55. The standard InChI is InChI=1S/C17H19NSi/c1-3-19-13(2)15-8-10-17(11-9-15)16-6-4-14(12-18)5-7-16/h4-11,13H,3,19H2,1-2H3. The highest BCUT2D eigenvalue weighted by molar-refractivity contribution is 6.37. The number of nitriles is 1. The lowest BCUT2D eigenvalue weighted by atomic mass is 10.0. The summed E-state index contributed by atoms with van der Waals surface area (Å²) in [5.41, 5.74) is 5.33. The van der Waals surface area contributed by atoms with Crippen LogP contribution in [0.25, 0.3) is 11.1 Å². The lowest BCUT2D eigenvalue weighted by molar-refractivity contribution is 1.05. The van der Waals surface area contributed by atoms with E-state index in [4.69, 9.17) is 5.26 Å². The molecule has 2 aromatic carbocycles. The highest BCUT2D eigenvalue weighted by Crippen LogP contribution is 2.23. The van der Waals surface area contributed by atoms with Crippen molar-refractivity contribution in [3.8, 4) is 17.2 Å². The second-order valence-corrected chi connectivity index (χ2v) is 7.80. The Kier molecular flexibility index (Phi) is 4.54. The number of hydrogen-bond donors (Lipinski definition) is 0. The van der Waals surface area contributed by atoms with Crippen LogP contribution in [0, 0.1) is 11.3 Å². The average Bonchev–Trinajstić information content (AvgIpc) is 2.48. The molecular weight excluding hydrogens is 246 g/mol. The van der Waals surface area contributed by atoms with Crippen LogP contribution in [-0.4, -0.2) is 9.52 Å². The molecule has 2 rings (SSSR count). The van der Waals surface area contributed by atoms with Gasteiger partial charge in [0.15, 0.2) is 0 Å². The third-order valence-corrected chi connectivity index (χ3v) is 5.46. The van der Waals surface area contributed by atoms with Crippen LogP contribution < -0.4 is 0 Å². The lowest BCUT2D eigenvalue weighted by Crippen LogP contribution is -2.01. The molecule has 0 aliphatic rings. The van der Waals surface area contributed by atoms with Crippen LogP contribution in [0.4, 0.5) is 0 Å². The van der Waals surface area contributed by atoms with E-state index in [1.54, 1.807) is 0 Å². The quantitative estimate of drug-likeness (QED) is 0.769. The SMILES string of the molecule is CC[SiH2]C(C)c1ccc(-c2ccc(C#N)cc2)cc1. The van der Waals surface area contributed by atoms with E-state index in [-0.39, 0.29) is 9.52 Å². The van der Waals surface area contributed by atoms with Crippen molar-refractivity contribution in [3.63, 3.8) is 0 Å². The summed E-state index contributed by atoms with van der Waals surface area (Å²) in [6.07, 6.45) is 0. The highest BCUT2D eigenvalue weighted by atomic mass is 28.2. The second-order valence-electron chi connectivity index (χ2n) is 5.00. The molecule has 1 nitrogen and oxygen atoms in total. The zero-order chi connectivity index (χ0) is 13.7. The number of hydrogen-bond acceptors (Lipinski definition) is 1. The monoisotopic (exact) mass is 265 g/mol. The van der Waals surface area contributed by atoms with Crippen molar-refractivity contribution in [2.75, 3.05) is 0 Å².